The lowest BCUT2D eigenvalue weighted by Crippen LogP contribution is -1.98. The molecule has 0 unspecified atom stereocenters. The lowest BCUT2D eigenvalue weighted by atomic mass is 9.99. The molecular weight excluding hydrogens is 344 g/mol. The minimum Gasteiger partial charge on any atom is -0.493 e. The minimum absolute atomic E-state index is 0.0558. The molecule has 134 valence electrons. The Morgan fingerprint density at radius 3 is 2.44 bits per heavy atom. The molecule has 0 fully saturated rings. The van der Waals surface area contributed by atoms with Crippen LogP contribution in [0.2, 0.25) is 0 Å². The predicted molar refractivity (Wildman–Crippen MR) is 101 cm³/mol. The Bertz CT molecular complexity index is 1010. The average molecular weight is 360 g/mol. The molecule has 0 aliphatic rings. The van der Waals surface area contributed by atoms with Crippen molar-refractivity contribution in [3.05, 3.63) is 88.0 Å². The van der Waals surface area contributed by atoms with Crippen molar-refractivity contribution in [2.75, 3.05) is 7.11 Å². The van der Waals surface area contributed by atoms with Crippen LogP contribution >= 0.6 is 0 Å². The van der Waals surface area contributed by atoms with Crippen LogP contribution in [0.4, 0.5) is 5.69 Å². The second-order valence-electron chi connectivity index (χ2n) is 5.74. The first-order valence-electron chi connectivity index (χ1n) is 8.16. The number of hydrogen-bond acceptors (Lipinski definition) is 5. The number of nitro benzene ring substituents is 1. The number of benzene rings is 3. The molecule has 0 bridgehead atoms. The van der Waals surface area contributed by atoms with Gasteiger partial charge >= 0.3 is 0 Å². The number of hydrogen-bond donors (Lipinski definition) is 0. The van der Waals surface area contributed by atoms with Gasteiger partial charge in [0.2, 0.25) is 0 Å². The number of nitrogens with zero attached hydrogens (tertiary/aromatic N) is 2. The van der Waals surface area contributed by atoms with Crippen molar-refractivity contribution in [3.63, 3.8) is 0 Å². The fraction of sp³-hybridized carbons (Fsp3) is 0.0952. The van der Waals surface area contributed by atoms with Gasteiger partial charge in [0.15, 0.2) is 11.5 Å². The number of non-ortho nitro benzene ring substituents is 1. The summed E-state index contributed by atoms with van der Waals surface area (Å²) in [6.45, 7) is 0.286. The van der Waals surface area contributed by atoms with E-state index in [1.807, 2.05) is 42.5 Å². The van der Waals surface area contributed by atoms with Crippen LogP contribution in [0.15, 0.2) is 66.7 Å². The molecule has 0 N–H and O–H groups in total. The third-order valence-corrected chi connectivity index (χ3v) is 4.06. The maximum absolute atomic E-state index is 10.8. The van der Waals surface area contributed by atoms with E-state index in [1.54, 1.807) is 6.07 Å². The van der Waals surface area contributed by atoms with Crippen LogP contribution < -0.4 is 9.47 Å². The normalized spacial score (nSPS) is 10.1. The molecule has 6 heteroatoms. The maximum atomic E-state index is 10.8. The maximum Gasteiger partial charge on any atom is 0.273 e. The first kappa shape index (κ1) is 18.0. The van der Waals surface area contributed by atoms with E-state index in [0.717, 1.165) is 16.7 Å². The summed E-state index contributed by atoms with van der Waals surface area (Å²) in [7, 11) is 1.44. The molecule has 6 nitrogen and oxygen atoms in total. The zero-order chi connectivity index (χ0) is 19.2. The molecule has 0 aromatic heterocycles. The SMILES string of the molecule is COc1cc([N+](=O)[O-])ccc1OCc1ccc(-c2ccccc2C#N)cc1. The molecule has 0 saturated carbocycles. The summed E-state index contributed by atoms with van der Waals surface area (Å²) in [4.78, 5) is 10.4. The van der Waals surface area contributed by atoms with Gasteiger partial charge in [0.1, 0.15) is 6.61 Å². The van der Waals surface area contributed by atoms with Gasteiger partial charge in [-0.3, -0.25) is 10.1 Å². The van der Waals surface area contributed by atoms with Crippen molar-refractivity contribution in [2.45, 2.75) is 6.61 Å². The number of ether oxygens (including phenoxy) is 2. The standard InChI is InChI=1S/C21H16N2O4/c1-26-21-12-18(23(24)25)10-11-20(21)27-14-15-6-8-16(9-7-15)19-5-3-2-4-17(19)13-22/h2-12H,14H2,1H3. The van der Waals surface area contributed by atoms with E-state index in [0.29, 0.717) is 17.1 Å². The lowest BCUT2D eigenvalue weighted by Gasteiger charge is -2.11. The summed E-state index contributed by atoms with van der Waals surface area (Å²) in [5.41, 5.74) is 3.32. The van der Waals surface area contributed by atoms with Gasteiger partial charge < -0.3 is 9.47 Å². The molecule has 0 saturated heterocycles. The number of rotatable bonds is 6. The molecule has 0 aliphatic heterocycles. The van der Waals surface area contributed by atoms with Crippen LogP contribution in [-0.4, -0.2) is 12.0 Å². The van der Waals surface area contributed by atoms with Crippen molar-refractivity contribution in [2.24, 2.45) is 0 Å². The summed E-state index contributed by atoms with van der Waals surface area (Å²) in [6, 6.07) is 21.5. The zero-order valence-corrected chi connectivity index (χ0v) is 14.6. The molecule has 0 heterocycles. The molecule has 0 amide bonds. The highest BCUT2D eigenvalue weighted by atomic mass is 16.6. The number of methoxy groups -OCH3 is 1. The summed E-state index contributed by atoms with van der Waals surface area (Å²) < 4.78 is 10.9. The highest BCUT2D eigenvalue weighted by molar-refractivity contribution is 5.70. The summed E-state index contributed by atoms with van der Waals surface area (Å²) in [5.74, 6) is 0.741. The largest absolute Gasteiger partial charge is 0.493 e. The molecule has 0 spiro atoms. The van der Waals surface area contributed by atoms with Crippen molar-refractivity contribution in [3.8, 4) is 28.7 Å². The molecule has 0 aliphatic carbocycles. The number of nitro groups is 1. The van der Waals surface area contributed by atoms with E-state index < -0.39 is 4.92 Å². The van der Waals surface area contributed by atoms with Gasteiger partial charge in [0.25, 0.3) is 5.69 Å². The zero-order valence-electron chi connectivity index (χ0n) is 14.6. The van der Waals surface area contributed by atoms with Crippen LogP contribution in [0.3, 0.4) is 0 Å². The Morgan fingerprint density at radius 2 is 1.78 bits per heavy atom. The second-order valence-corrected chi connectivity index (χ2v) is 5.74. The molecule has 3 rings (SSSR count). The highest BCUT2D eigenvalue weighted by Crippen LogP contribution is 2.32. The van der Waals surface area contributed by atoms with E-state index in [2.05, 4.69) is 6.07 Å². The average Bonchev–Trinajstić information content (AvgIpc) is 2.72. The van der Waals surface area contributed by atoms with E-state index in [4.69, 9.17) is 9.47 Å². The van der Waals surface area contributed by atoms with Crippen LogP contribution in [0, 0.1) is 21.4 Å². The fourth-order valence-electron chi connectivity index (χ4n) is 2.66. The van der Waals surface area contributed by atoms with E-state index in [-0.39, 0.29) is 12.3 Å². The van der Waals surface area contributed by atoms with Crippen molar-refractivity contribution >= 4 is 5.69 Å². The van der Waals surface area contributed by atoms with Gasteiger partial charge in [-0.15, -0.1) is 0 Å². The van der Waals surface area contributed by atoms with E-state index in [9.17, 15) is 15.4 Å². The summed E-state index contributed by atoms with van der Waals surface area (Å²) >= 11 is 0. The number of nitriles is 1. The molecule has 3 aromatic carbocycles. The van der Waals surface area contributed by atoms with Gasteiger partial charge in [-0.05, 0) is 28.8 Å². The molecule has 0 radical (unpaired) electrons. The van der Waals surface area contributed by atoms with Gasteiger partial charge in [0, 0.05) is 6.07 Å². The Kier molecular flexibility index (Phi) is 5.33. The first-order valence-corrected chi connectivity index (χ1v) is 8.16. The van der Waals surface area contributed by atoms with Gasteiger partial charge in [-0.2, -0.15) is 5.26 Å². The molecule has 3 aromatic rings. The Morgan fingerprint density at radius 1 is 1.04 bits per heavy atom. The second kappa shape index (κ2) is 8.02. The quantitative estimate of drug-likeness (QED) is 0.469. The van der Waals surface area contributed by atoms with Crippen molar-refractivity contribution < 1.29 is 14.4 Å². The Balaban J connectivity index is 1.74. The summed E-state index contributed by atoms with van der Waals surface area (Å²) in [6.07, 6.45) is 0. The van der Waals surface area contributed by atoms with E-state index >= 15 is 0 Å². The Hall–Kier alpha value is -3.85. The first-order chi connectivity index (χ1) is 13.1. The van der Waals surface area contributed by atoms with Gasteiger partial charge in [-0.1, -0.05) is 42.5 Å². The Labute approximate surface area is 156 Å². The van der Waals surface area contributed by atoms with Gasteiger partial charge in [-0.25, -0.2) is 0 Å². The summed E-state index contributed by atoms with van der Waals surface area (Å²) in [5, 5.41) is 20.1. The predicted octanol–water partition coefficient (Wildman–Crippen LogP) is 4.72. The minimum atomic E-state index is -0.482. The monoisotopic (exact) mass is 360 g/mol. The molecule has 27 heavy (non-hydrogen) atoms. The smallest absolute Gasteiger partial charge is 0.273 e. The van der Waals surface area contributed by atoms with Crippen molar-refractivity contribution in [1.82, 2.24) is 0 Å². The molecule has 0 atom stereocenters. The van der Waals surface area contributed by atoms with Crippen LogP contribution in [0.25, 0.3) is 11.1 Å². The van der Waals surface area contributed by atoms with Crippen LogP contribution in [0.5, 0.6) is 11.5 Å². The topological polar surface area (TPSA) is 85.4 Å². The fourth-order valence-corrected chi connectivity index (χ4v) is 2.66. The third-order valence-electron chi connectivity index (χ3n) is 4.06. The molecular formula is C21H16N2O4. The third kappa shape index (κ3) is 4.05. The van der Waals surface area contributed by atoms with E-state index in [1.165, 1.54) is 25.3 Å². The lowest BCUT2D eigenvalue weighted by molar-refractivity contribution is -0.385. The highest BCUT2D eigenvalue weighted by Gasteiger charge is 2.12. The van der Waals surface area contributed by atoms with Crippen molar-refractivity contribution in [1.29, 1.82) is 5.26 Å². The van der Waals surface area contributed by atoms with Gasteiger partial charge in [0.05, 0.1) is 29.7 Å². The van der Waals surface area contributed by atoms with Crippen LogP contribution in [0.1, 0.15) is 11.1 Å². The van der Waals surface area contributed by atoms with Crippen LogP contribution in [-0.2, 0) is 6.61 Å².